The molecule has 0 bridgehead atoms. The largest absolute Gasteiger partial charge is 0.494 e. The Labute approximate surface area is 136 Å². The zero-order chi connectivity index (χ0) is 14.8. The minimum Gasteiger partial charge on any atom is -0.494 e. The van der Waals surface area contributed by atoms with Crippen molar-refractivity contribution in [3.8, 4) is 11.5 Å². The van der Waals surface area contributed by atoms with E-state index >= 15 is 0 Å². The van der Waals surface area contributed by atoms with Crippen molar-refractivity contribution in [3.63, 3.8) is 0 Å². The summed E-state index contributed by atoms with van der Waals surface area (Å²) >= 11 is 0. The Bertz CT molecular complexity index is 508. The number of ether oxygens (including phenoxy) is 2. The molecule has 0 aliphatic heterocycles. The first-order chi connectivity index (χ1) is 10.3. The second kappa shape index (κ2) is 10.9. The summed E-state index contributed by atoms with van der Waals surface area (Å²) in [7, 11) is 0. The number of para-hydroxylation sites is 1. The quantitative estimate of drug-likeness (QED) is 0.713. The van der Waals surface area contributed by atoms with Gasteiger partial charge in [0.15, 0.2) is 0 Å². The van der Waals surface area contributed by atoms with Gasteiger partial charge < -0.3 is 14.8 Å². The van der Waals surface area contributed by atoms with Crippen LogP contribution in [0.5, 0.6) is 11.5 Å². The maximum absolute atomic E-state index is 12.7. The van der Waals surface area contributed by atoms with Crippen LogP contribution in [-0.2, 0) is 0 Å². The Morgan fingerprint density at radius 2 is 1.41 bits per heavy atom. The summed E-state index contributed by atoms with van der Waals surface area (Å²) < 4.78 is 23.8. The summed E-state index contributed by atoms with van der Waals surface area (Å²) in [5.41, 5.74) is 0. The molecule has 0 amide bonds. The van der Waals surface area contributed by atoms with Crippen LogP contribution in [0.4, 0.5) is 4.39 Å². The maximum Gasteiger partial charge on any atom is 0.123 e. The van der Waals surface area contributed by atoms with Gasteiger partial charge in [-0.05, 0) is 49.4 Å². The lowest BCUT2D eigenvalue weighted by Gasteiger charge is -2.08. The van der Waals surface area contributed by atoms with E-state index in [1.165, 1.54) is 12.1 Å². The maximum atomic E-state index is 12.7. The molecule has 0 saturated carbocycles. The van der Waals surface area contributed by atoms with E-state index in [2.05, 4.69) is 5.32 Å². The summed E-state index contributed by atoms with van der Waals surface area (Å²) in [6.45, 7) is 2.91. The first-order valence-corrected chi connectivity index (χ1v) is 7.11. The highest BCUT2D eigenvalue weighted by molar-refractivity contribution is 5.85. The van der Waals surface area contributed by atoms with Gasteiger partial charge in [-0.25, -0.2) is 4.39 Å². The third-order valence-electron chi connectivity index (χ3n) is 2.87. The Balaban J connectivity index is 0.00000242. The van der Waals surface area contributed by atoms with Crippen molar-refractivity contribution in [1.82, 2.24) is 5.32 Å². The molecule has 0 heterocycles. The Morgan fingerprint density at radius 3 is 2.14 bits per heavy atom. The van der Waals surface area contributed by atoms with Crippen LogP contribution in [-0.4, -0.2) is 26.3 Å². The fourth-order valence-corrected chi connectivity index (χ4v) is 1.80. The van der Waals surface area contributed by atoms with Crippen LogP contribution in [0.25, 0.3) is 0 Å². The average Bonchev–Trinajstić information content (AvgIpc) is 2.53. The normalized spacial score (nSPS) is 9.86. The van der Waals surface area contributed by atoms with Gasteiger partial charge in [-0.15, -0.1) is 12.4 Å². The molecule has 3 nitrogen and oxygen atoms in total. The molecule has 5 heteroatoms. The minimum atomic E-state index is -0.248. The predicted octanol–water partition coefficient (Wildman–Crippen LogP) is 3.69. The molecule has 2 rings (SSSR count). The van der Waals surface area contributed by atoms with Crippen molar-refractivity contribution >= 4 is 12.4 Å². The average molecular weight is 326 g/mol. The van der Waals surface area contributed by atoms with Crippen LogP contribution >= 0.6 is 12.4 Å². The van der Waals surface area contributed by atoms with Crippen LogP contribution in [0.1, 0.15) is 6.42 Å². The van der Waals surface area contributed by atoms with Crippen molar-refractivity contribution in [3.05, 3.63) is 60.4 Å². The topological polar surface area (TPSA) is 30.5 Å². The number of hydrogen-bond acceptors (Lipinski definition) is 3. The second-order valence-corrected chi connectivity index (χ2v) is 4.57. The molecule has 0 radical (unpaired) electrons. The molecule has 0 aromatic heterocycles. The molecule has 0 aliphatic rings. The standard InChI is InChI=1S/C17H20FNO2.ClH/c18-15-7-9-17(10-8-15)20-13-4-11-19-12-14-21-16-5-2-1-3-6-16;/h1-3,5-10,19H,4,11-14H2;1H. The van der Waals surface area contributed by atoms with Crippen LogP contribution in [0.15, 0.2) is 54.6 Å². The molecule has 120 valence electrons. The van der Waals surface area contributed by atoms with Gasteiger partial charge in [-0.2, -0.15) is 0 Å². The van der Waals surface area contributed by atoms with E-state index in [-0.39, 0.29) is 18.2 Å². The monoisotopic (exact) mass is 325 g/mol. The molecule has 2 aromatic carbocycles. The molecule has 1 N–H and O–H groups in total. The Morgan fingerprint density at radius 1 is 0.773 bits per heavy atom. The SMILES string of the molecule is Cl.Fc1ccc(OCCCNCCOc2ccccc2)cc1. The van der Waals surface area contributed by atoms with E-state index < -0.39 is 0 Å². The van der Waals surface area contributed by atoms with Crippen molar-refractivity contribution in [2.24, 2.45) is 0 Å². The van der Waals surface area contributed by atoms with E-state index in [1.54, 1.807) is 12.1 Å². The van der Waals surface area contributed by atoms with Gasteiger partial charge in [0.25, 0.3) is 0 Å². The minimum absolute atomic E-state index is 0. The highest BCUT2D eigenvalue weighted by atomic mass is 35.5. The van der Waals surface area contributed by atoms with Gasteiger partial charge in [0.1, 0.15) is 23.9 Å². The smallest absolute Gasteiger partial charge is 0.123 e. The number of nitrogens with one attached hydrogen (secondary N) is 1. The number of benzene rings is 2. The van der Waals surface area contributed by atoms with Gasteiger partial charge in [0.05, 0.1) is 6.61 Å². The third-order valence-corrected chi connectivity index (χ3v) is 2.87. The summed E-state index contributed by atoms with van der Waals surface area (Å²) in [5, 5.41) is 3.29. The molecule has 0 aliphatic carbocycles. The van der Waals surface area contributed by atoms with E-state index in [1.807, 2.05) is 30.3 Å². The van der Waals surface area contributed by atoms with Crippen molar-refractivity contribution < 1.29 is 13.9 Å². The number of halogens is 2. The van der Waals surface area contributed by atoms with Crippen LogP contribution < -0.4 is 14.8 Å². The first-order valence-electron chi connectivity index (χ1n) is 7.11. The third kappa shape index (κ3) is 7.29. The lowest BCUT2D eigenvalue weighted by molar-refractivity contribution is 0.294. The highest BCUT2D eigenvalue weighted by Gasteiger charge is 1.95. The zero-order valence-corrected chi connectivity index (χ0v) is 13.2. The summed E-state index contributed by atoms with van der Waals surface area (Å²) in [6.07, 6.45) is 0.892. The fraction of sp³-hybridized carbons (Fsp3) is 0.294. The summed E-state index contributed by atoms with van der Waals surface area (Å²) in [6, 6.07) is 15.8. The molecule has 22 heavy (non-hydrogen) atoms. The molecule has 0 spiro atoms. The van der Waals surface area contributed by atoms with E-state index in [4.69, 9.17) is 9.47 Å². The van der Waals surface area contributed by atoms with Gasteiger partial charge in [0, 0.05) is 6.54 Å². The molecule has 0 unspecified atom stereocenters. The van der Waals surface area contributed by atoms with E-state index in [0.717, 1.165) is 25.3 Å². The van der Waals surface area contributed by atoms with Crippen molar-refractivity contribution in [2.75, 3.05) is 26.3 Å². The molecular weight excluding hydrogens is 305 g/mol. The van der Waals surface area contributed by atoms with Gasteiger partial charge in [-0.1, -0.05) is 18.2 Å². The number of hydrogen-bond donors (Lipinski definition) is 1. The fourth-order valence-electron chi connectivity index (χ4n) is 1.80. The first kappa shape index (κ1) is 18.3. The van der Waals surface area contributed by atoms with Gasteiger partial charge in [-0.3, -0.25) is 0 Å². The summed E-state index contributed by atoms with van der Waals surface area (Å²) in [5.74, 6) is 1.34. The predicted molar refractivity (Wildman–Crippen MR) is 88.6 cm³/mol. The van der Waals surface area contributed by atoms with Crippen LogP contribution in [0.2, 0.25) is 0 Å². The van der Waals surface area contributed by atoms with Gasteiger partial charge in [0.2, 0.25) is 0 Å². The van der Waals surface area contributed by atoms with Crippen LogP contribution in [0, 0.1) is 5.82 Å². The van der Waals surface area contributed by atoms with Crippen molar-refractivity contribution in [2.45, 2.75) is 6.42 Å². The van der Waals surface area contributed by atoms with E-state index in [0.29, 0.717) is 19.0 Å². The molecule has 0 atom stereocenters. The zero-order valence-electron chi connectivity index (χ0n) is 12.3. The van der Waals surface area contributed by atoms with E-state index in [9.17, 15) is 4.39 Å². The molecule has 2 aromatic rings. The van der Waals surface area contributed by atoms with Crippen molar-refractivity contribution in [1.29, 1.82) is 0 Å². The Hall–Kier alpha value is -1.78. The molecule has 0 saturated heterocycles. The number of rotatable bonds is 9. The Kier molecular flexibility index (Phi) is 9.03. The lowest BCUT2D eigenvalue weighted by Crippen LogP contribution is -2.23. The van der Waals surface area contributed by atoms with Gasteiger partial charge >= 0.3 is 0 Å². The second-order valence-electron chi connectivity index (χ2n) is 4.57. The summed E-state index contributed by atoms with van der Waals surface area (Å²) in [4.78, 5) is 0. The molecule has 0 fully saturated rings. The molecular formula is C17H21ClFNO2. The van der Waals surface area contributed by atoms with Crippen LogP contribution in [0.3, 0.4) is 0 Å². The highest BCUT2D eigenvalue weighted by Crippen LogP contribution is 2.11. The lowest BCUT2D eigenvalue weighted by atomic mass is 10.3.